The molecule has 456 valence electrons. The van der Waals surface area contributed by atoms with Crippen LogP contribution in [0.4, 0.5) is 34.9 Å². The summed E-state index contributed by atoms with van der Waals surface area (Å²) >= 11 is 0. The lowest BCUT2D eigenvalue weighted by atomic mass is 10.1. The number of nitrogens with one attached hydrogen (secondary N) is 1. The van der Waals surface area contributed by atoms with Crippen LogP contribution in [0.1, 0.15) is 273 Å². The number of unbranched alkanes of at least 4 members (excludes halogenated alkanes) is 30. The first-order valence-corrected chi connectivity index (χ1v) is 33.2. The van der Waals surface area contributed by atoms with Crippen molar-refractivity contribution >= 4 is 34.9 Å². The molecule has 12 heteroatoms. The fraction of sp³-hybridized carbons (Fsp3) is 0.696. The van der Waals surface area contributed by atoms with Crippen LogP contribution in [0.25, 0.3) is 0 Å². The molecule has 0 atom stereocenters. The second kappa shape index (κ2) is 45.4. The third-order valence-electron chi connectivity index (χ3n) is 14.8. The summed E-state index contributed by atoms with van der Waals surface area (Å²) in [5.74, 6) is 4.97. The topological polar surface area (TPSA) is 135 Å². The number of nitrogen functional groups attached to an aromatic ring is 1. The second-order valence-electron chi connectivity index (χ2n) is 22.5. The van der Waals surface area contributed by atoms with Crippen LogP contribution < -0.4 is 44.4 Å². The van der Waals surface area contributed by atoms with Gasteiger partial charge in [0.2, 0.25) is 17.8 Å². The summed E-state index contributed by atoms with van der Waals surface area (Å²) in [6.07, 6.45) is 42.5. The van der Waals surface area contributed by atoms with Crippen LogP contribution in [-0.4, -0.2) is 54.6 Å². The van der Waals surface area contributed by atoms with Crippen LogP contribution in [0.5, 0.6) is 34.5 Å². The average molecular weight is 1120 g/mol. The van der Waals surface area contributed by atoms with E-state index in [1.165, 1.54) is 154 Å². The first kappa shape index (κ1) is 68.4. The summed E-state index contributed by atoms with van der Waals surface area (Å²) < 4.78 is 39.4. The molecule has 1 aromatic heterocycles. The fourth-order valence-corrected chi connectivity index (χ4v) is 10.00. The monoisotopic (exact) mass is 1120 g/mol. The molecular formula is C69H114N6O6. The summed E-state index contributed by atoms with van der Waals surface area (Å²) in [5.41, 5.74) is 8.97. The van der Waals surface area contributed by atoms with Crippen molar-refractivity contribution in [2.24, 2.45) is 0 Å². The number of ether oxygens (including phenoxy) is 6. The van der Waals surface area contributed by atoms with Crippen LogP contribution >= 0.6 is 0 Å². The molecule has 0 unspecified atom stereocenters. The Labute approximate surface area is 493 Å². The number of nitrogens with zero attached hydrogens (tertiary/aromatic N) is 4. The Morgan fingerprint density at radius 3 is 0.827 bits per heavy atom. The van der Waals surface area contributed by atoms with Crippen LogP contribution in [0.3, 0.4) is 0 Å². The molecule has 3 N–H and O–H groups in total. The van der Waals surface area contributed by atoms with Gasteiger partial charge in [-0.3, -0.25) is 4.90 Å². The Hall–Kier alpha value is -5.13. The van der Waals surface area contributed by atoms with Crippen molar-refractivity contribution < 1.29 is 28.4 Å². The smallest absolute Gasteiger partial charge is 0.241 e. The minimum absolute atomic E-state index is 0.0626. The Morgan fingerprint density at radius 1 is 0.309 bits per heavy atom. The van der Waals surface area contributed by atoms with Crippen LogP contribution in [-0.2, 0) is 0 Å². The number of nitrogens with two attached hydrogens (primary N) is 1. The van der Waals surface area contributed by atoms with Gasteiger partial charge in [0.1, 0.15) is 34.5 Å². The lowest BCUT2D eigenvalue weighted by molar-refractivity contribution is 0.289. The maximum Gasteiger partial charge on any atom is 0.241 e. The van der Waals surface area contributed by atoms with E-state index in [2.05, 4.69) is 71.1 Å². The highest BCUT2D eigenvalue weighted by Gasteiger charge is 2.23. The molecule has 3 aromatic carbocycles. The number of anilines is 6. The van der Waals surface area contributed by atoms with Crippen LogP contribution in [0.15, 0.2) is 54.6 Å². The third kappa shape index (κ3) is 31.2. The average Bonchev–Trinajstić information content (AvgIpc) is 3.45. The Balaban J connectivity index is 1.80. The zero-order valence-electron chi connectivity index (χ0n) is 52.2. The molecular weight excluding hydrogens is 1010 g/mol. The van der Waals surface area contributed by atoms with Gasteiger partial charge in [-0.15, -0.1) is 0 Å². The first-order chi connectivity index (χ1) is 39.9. The SMILES string of the molecule is CCCCCCCCOc1cc(Nc2nc(N)nc(N(c3cc(OCCCCCCCC)cc(OCCCCCCCC)c3)c3cc(OCCCCCCCC)cc(OCCCCCCCC)c3)n2)cc(OCCCCCCCC)c1. The summed E-state index contributed by atoms with van der Waals surface area (Å²) in [7, 11) is 0. The molecule has 0 amide bonds. The molecule has 0 aliphatic carbocycles. The minimum atomic E-state index is 0.0626. The van der Waals surface area contributed by atoms with E-state index in [1.807, 2.05) is 35.2 Å². The highest BCUT2D eigenvalue weighted by Crippen LogP contribution is 2.41. The van der Waals surface area contributed by atoms with Crippen molar-refractivity contribution in [1.29, 1.82) is 0 Å². The van der Waals surface area contributed by atoms with Crippen molar-refractivity contribution in [2.45, 2.75) is 273 Å². The molecule has 0 saturated heterocycles. The molecule has 0 spiro atoms. The van der Waals surface area contributed by atoms with Crippen molar-refractivity contribution in [3.8, 4) is 34.5 Å². The zero-order chi connectivity index (χ0) is 57.6. The zero-order valence-corrected chi connectivity index (χ0v) is 52.2. The van der Waals surface area contributed by atoms with Gasteiger partial charge in [-0.25, -0.2) is 0 Å². The standard InChI is InChI=1S/C69H114N6O6/c1-7-13-19-25-31-37-43-76-61-49-58(50-62(55-61)77-44-38-32-26-20-14-8-2)71-68-72-67(70)73-69(74-68)75(59-51-63(78-45-39-33-27-21-15-9-3)56-64(52-59)79-46-40-34-28-22-16-10-4)60-53-65(80-47-41-35-29-23-17-11-5)57-66(54-60)81-48-42-36-30-24-18-12-6/h49-57H,7-48H2,1-6H3,(H3,70,71,72,73,74). The minimum Gasteiger partial charge on any atom is -0.493 e. The van der Waals surface area contributed by atoms with Gasteiger partial charge < -0.3 is 39.5 Å². The normalized spacial score (nSPS) is 11.2. The number of aromatic nitrogens is 3. The molecule has 4 rings (SSSR count). The number of hydrogen-bond donors (Lipinski definition) is 2. The van der Waals surface area contributed by atoms with E-state index in [4.69, 9.17) is 49.1 Å². The third-order valence-corrected chi connectivity index (χ3v) is 14.8. The molecule has 0 aliphatic heterocycles. The van der Waals surface area contributed by atoms with E-state index in [0.29, 0.717) is 68.6 Å². The summed E-state index contributed by atoms with van der Waals surface area (Å²) in [4.78, 5) is 16.8. The predicted molar refractivity (Wildman–Crippen MR) is 342 cm³/mol. The predicted octanol–water partition coefficient (Wildman–Crippen LogP) is 21.1. The van der Waals surface area contributed by atoms with Gasteiger partial charge in [0.15, 0.2) is 0 Å². The summed E-state index contributed by atoms with van der Waals surface area (Å²) in [6.45, 7) is 17.2. The summed E-state index contributed by atoms with van der Waals surface area (Å²) in [6, 6.07) is 18.2. The van der Waals surface area contributed by atoms with Gasteiger partial charge >= 0.3 is 0 Å². The largest absolute Gasteiger partial charge is 0.493 e. The number of rotatable bonds is 53. The molecule has 0 saturated carbocycles. The van der Waals surface area contributed by atoms with Gasteiger partial charge in [0.05, 0.1) is 51.0 Å². The van der Waals surface area contributed by atoms with E-state index in [0.717, 1.165) is 106 Å². The summed E-state index contributed by atoms with van der Waals surface area (Å²) in [5, 5.41) is 3.50. The maximum atomic E-state index is 6.76. The Kier molecular flexibility index (Phi) is 38.3. The molecule has 81 heavy (non-hydrogen) atoms. The fourth-order valence-electron chi connectivity index (χ4n) is 10.00. The second-order valence-corrected chi connectivity index (χ2v) is 22.5. The Morgan fingerprint density at radius 2 is 0.556 bits per heavy atom. The number of benzene rings is 3. The van der Waals surface area contributed by atoms with Gasteiger partial charge in [-0.1, -0.05) is 234 Å². The lowest BCUT2D eigenvalue weighted by Gasteiger charge is -2.26. The van der Waals surface area contributed by atoms with E-state index in [1.54, 1.807) is 0 Å². The van der Waals surface area contributed by atoms with E-state index in [-0.39, 0.29) is 11.9 Å². The van der Waals surface area contributed by atoms with Gasteiger partial charge in [0, 0.05) is 60.3 Å². The first-order valence-electron chi connectivity index (χ1n) is 33.2. The van der Waals surface area contributed by atoms with Gasteiger partial charge in [0.25, 0.3) is 0 Å². The van der Waals surface area contributed by atoms with Crippen molar-refractivity contribution in [2.75, 3.05) is 55.6 Å². The van der Waals surface area contributed by atoms with E-state index in [9.17, 15) is 0 Å². The molecule has 1 heterocycles. The van der Waals surface area contributed by atoms with Gasteiger partial charge in [-0.05, 0) is 38.5 Å². The highest BCUT2D eigenvalue weighted by atomic mass is 16.5. The van der Waals surface area contributed by atoms with E-state index < -0.39 is 0 Å². The quantitative estimate of drug-likeness (QED) is 0.0408. The maximum absolute atomic E-state index is 6.76. The van der Waals surface area contributed by atoms with Crippen molar-refractivity contribution in [1.82, 2.24) is 15.0 Å². The van der Waals surface area contributed by atoms with Crippen molar-refractivity contribution in [3.05, 3.63) is 54.6 Å². The Bertz CT molecular complexity index is 1980. The molecule has 4 aromatic rings. The number of hydrogen-bond acceptors (Lipinski definition) is 12. The van der Waals surface area contributed by atoms with Gasteiger partial charge in [-0.2, -0.15) is 15.0 Å². The lowest BCUT2D eigenvalue weighted by Crippen LogP contribution is -2.17. The highest BCUT2D eigenvalue weighted by molar-refractivity contribution is 5.77. The van der Waals surface area contributed by atoms with Crippen LogP contribution in [0, 0.1) is 0 Å². The molecule has 0 radical (unpaired) electrons. The molecule has 0 fully saturated rings. The molecule has 0 aliphatic rings. The van der Waals surface area contributed by atoms with Crippen LogP contribution in [0.2, 0.25) is 0 Å². The van der Waals surface area contributed by atoms with Crippen molar-refractivity contribution in [3.63, 3.8) is 0 Å². The van der Waals surface area contributed by atoms with E-state index >= 15 is 0 Å². The molecule has 0 bridgehead atoms. The molecule has 12 nitrogen and oxygen atoms in total.